The minimum absolute atomic E-state index is 0.0474. The molecule has 0 aromatic heterocycles. The van der Waals surface area contributed by atoms with Gasteiger partial charge in [-0.1, -0.05) is 42.9 Å². The Balaban J connectivity index is 1.91. The Morgan fingerprint density at radius 2 is 1.89 bits per heavy atom. The third-order valence-corrected chi connectivity index (χ3v) is 4.62. The molecule has 1 aliphatic heterocycles. The fourth-order valence-electron chi connectivity index (χ4n) is 2.30. The van der Waals surface area contributed by atoms with Crippen LogP contribution >= 0.6 is 23.8 Å². The fourth-order valence-corrected chi connectivity index (χ4v) is 2.63. The Morgan fingerprint density at radius 1 is 1.33 bits per heavy atom. The summed E-state index contributed by atoms with van der Waals surface area (Å²) in [5.74, 6) is 0. The molecule has 1 fully saturated rings. The predicted molar refractivity (Wildman–Crippen MR) is 80.9 cm³/mol. The number of thiocarbonyl (C=S) groups is 1. The lowest BCUT2D eigenvalue weighted by Gasteiger charge is -2.38. The Bertz CT molecular complexity index is 422. The van der Waals surface area contributed by atoms with Crippen LogP contribution in [0.1, 0.15) is 25.3 Å². The molecule has 2 rings (SSSR count). The lowest BCUT2D eigenvalue weighted by molar-refractivity contribution is 0.158. The molecule has 0 amide bonds. The Hall–Kier alpha value is -0.640. The number of benzene rings is 1. The molecule has 0 unspecified atom stereocenters. The largest absolute Gasteiger partial charge is 0.393 e. The summed E-state index contributed by atoms with van der Waals surface area (Å²) in [7, 11) is 0. The molecule has 18 heavy (non-hydrogen) atoms. The predicted octanol–water partition coefficient (Wildman–Crippen LogP) is 3.23. The number of nitrogens with two attached hydrogens (primary N) is 1. The molecule has 2 N–H and O–H groups in total. The van der Waals surface area contributed by atoms with Crippen molar-refractivity contribution in [3.63, 3.8) is 0 Å². The molecule has 1 heterocycles. The number of hydrogen-bond acceptors (Lipinski definition) is 2. The molecule has 0 bridgehead atoms. The number of halogens is 1. The first-order valence-electron chi connectivity index (χ1n) is 6.26. The molecule has 2 nitrogen and oxygen atoms in total. The standard InChI is InChI=1S/C14H19ClN2S/c1-14(13(16)18)6-8-17(9-7-14)10-11-2-4-12(15)5-3-11/h2-5H,6-10H2,1H3,(H2,16,18). The zero-order chi connectivity index (χ0) is 13.2. The molecule has 1 aliphatic rings. The van der Waals surface area contributed by atoms with Gasteiger partial charge in [-0.3, -0.25) is 4.90 Å². The van der Waals surface area contributed by atoms with Gasteiger partial charge in [-0.2, -0.15) is 0 Å². The van der Waals surface area contributed by atoms with Crippen LogP contribution in [0.15, 0.2) is 24.3 Å². The van der Waals surface area contributed by atoms with Crippen LogP contribution in [-0.4, -0.2) is 23.0 Å². The highest BCUT2D eigenvalue weighted by atomic mass is 35.5. The molecule has 98 valence electrons. The molecule has 4 heteroatoms. The van der Waals surface area contributed by atoms with Crippen molar-refractivity contribution >= 4 is 28.8 Å². The van der Waals surface area contributed by atoms with Crippen molar-refractivity contribution in [2.75, 3.05) is 13.1 Å². The van der Waals surface area contributed by atoms with Gasteiger partial charge in [0.2, 0.25) is 0 Å². The molecule has 0 spiro atoms. The summed E-state index contributed by atoms with van der Waals surface area (Å²) in [6.45, 7) is 5.26. The smallest absolute Gasteiger partial charge is 0.0788 e. The van der Waals surface area contributed by atoms with E-state index in [1.807, 2.05) is 12.1 Å². The first-order valence-corrected chi connectivity index (χ1v) is 7.05. The van der Waals surface area contributed by atoms with E-state index in [0.29, 0.717) is 4.99 Å². The molecule has 0 aliphatic carbocycles. The number of likely N-dealkylation sites (tertiary alicyclic amines) is 1. The molecule has 1 aromatic carbocycles. The van der Waals surface area contributed by atoms with Gasteiger partial charge in [-0.25, -0.2) is 0 Å². The monoisotopic (exact) mass is 282 g/mol. The van der Waals surface area contributed by atoms with E-state index in [2.05, 4.69) is 24.0 Å². The molecule has 0 saturated carbocycles. The van der Waals surface area contributed by atoms with E-state index < -0.39 is 0 Å². The number of piperidine rings is 1. The zero-order valence-corrected chi connectivity index (χ0v) is 12.2. The van der Waals surface area contributed by atoms with Crippen LogP contribution in [0.3, 0.4) is 0 Å². The van der Waals surface area contributed by atoms with Crippen molar-refractivity contribution < 1.29 is 0 Å². The van der Waals surface area contributed by atoms with Crippen LogP contribution in [-0.2, 0) is 6.54 Å². The van der Waals surface area contributed by atoms with Gasteiger partial charge in [0.25, 0.3) is 0 Å². The van der Waals surface area contributed by atoms with Gasteiger partial charge >= 0.3 is 0 Å². The molecular formula is C14H19ClN2S. The molecule has 0 atom stereocenters. The van der Waals surface area contributed by atoms with Crippen molar-refractivity contribution in [1.29, 1.82) is 0 Å². The van der Waals surface area contributed by atoms with Crippen molar-refractivity contribution in [1.82, 2.24) is 4.90 Å². The van der Waals surface area contributed by atoms with E-state index in [1.54, 1.807) is 0 Å². The summed E-state index contributed by atoms with van der Waals surface area (Å²) in [6.07, 6.45) is 2.10. The zero-order valence-electron chi connectivity index (χ0n) is 10.7. The molecule has 1 aromatic rings. The highest BCUT2D eigenvalue weighted by molar-refractivity contribution is 7.80. The Kier molecular flexibility index (Phi) is 4.25. The van der Waals surface area contributed by atoms with E-state index >= 15 is 0 Å². The summed E-state index contributed by atoms with van der Waals surface area (Å²) in [6, 6.07) is 8.06. The molecule has 0 radical (unpaired) electrons. The SMILES string of the molecule is CC1(C(N)=S)CCN(Cc2ccc(Cl)cc2)CC1. The minimum Gasteiger partial charge on any atom is -0.393 e. The van der Waals surface area contributed by atoms with Gasteiger partial charge in [-0.05, 0) is 43.6 Å². The van der Waals surface area contributed by atoms with Gasteiger partial charge in [-0.15, -0.1) is 0 Å². The number of hydrogen-bond donors (Lipinski definition) is 1. The van der Waals surface area contributed by atoms with E-state index in [0.717, 1.165) is 37.5 Å². The first-order chi connectivity index (χ1) is 8.49. The van der Waals surface area contributed by atoms with E-state index in [9.17, 15) is 0 Å². The van der Waals surface area contributed by atoms with Crippen molar-refractivity contribution in [3.05, 3.63) is 34.9 Å². The summed E-state index contributed by atoms with van der Waals surface area (Å²) < 4.78 is 0. The topological polar surface area (TPSA) is 29.3 Å². The number of rotatable bonds is 3. The third-order valence-electron chi connectivity index (χ3n) is 3.87. The van der Waals surface area contributed by atoms with E-state index in [-0.39, 0.29) is 5.41 Å². The van der Waals surface area contributed by atoms with Crippen LogP contribution in [0.2, 0.25) is 5.02 Å². The maximum Gasteiger partial charge on any atom is 0.0788 e. The average Bonchev–Trinajstić information content (AvgIpc) is 2.35. The molecular weight excluding hydrogens is 264 g/mol. The van der Waals surface area contributed by atoms with Gasteiger partial charge in [0.15, 0.2) is 0 Å². The second kappa shape index (κ2) is 5.55. The highest BCUT2D eigenvalue weighted by Gasteiger charge is 2.32. The number of nitrogens with zero attached hydrogens (tertiary/aromatic N) is 1. The summed E-state index contributed by atoms with van der Waals surface area (Å²) >= 11 is 11.0. The normalized spacial score (nSPS) is 19.7. The maximum absolute atomic E-state index is 5.88. The minimum atomic E-state index is 0.0474. The van der Waals surface area contributed by atoms with Gasteiger partial charge in [0.05, 0.1) is 4.99 Å². The van der Waals surface area contributed by atoms with Crippen molar-refractivity contribution in [2.45, 2.75) is 26.3 Å². The third kappa shape index (κ3) is 3.22. The highest BCUT2D eigenvalue weighted by Crippen LogP contribution is 2.31. The Labute approximate surface area is 119 Å². The average molecular weight is 283 g/mol. The quantitative estimate of drug-likeness (QED) is 0.863. The first kappa shape index (κ1) is 13.8. The summed E-state index contributed by atoms with van der Waals surface area (Å²) in [4.78, 5) is 3.11. The molecule has 1 saturated heterocycles. The van der Waals surface area contributed by atoms with E-state index in [1.165, 1.54) is 5.56 Å². The lowest BCUT2D eigenvalue weighted by atomic mass is 9.80. The van der Waals surface area contributed by atoms with Gasteiger partial charge in [0.1, 0.15) is 0 Å². The van der Waals surface area contributed by atoms with Crippen LogP contribution < -0.4 is 5.73 Å². The summed E-state index contributed by atoms with van der Waals surface area (Å²) in [5, 5.41) is 0.790. The summed E-state index contributed by atoms with van der Waals surface area (Å²) in [5.41, 5.74) is 7.17. The Morgan fingerprint density at radius 3 is 2.39 bits per heavy atom. The second-order valence-corrected chi connectivity index (χ2v) is 6.20. The fraction of sp³-hybridized carbons (Fsp3) is 0.500. The van der Waals surface area contributed by atoms with Crippen molar-refractivity contribution in [3.8, 4) is 0 Å². The maximum atomic E-state index is 5.88. The van der Waals surface area contributed by atoms with Crippen LogP contribution in [0, 0.1) is 5.41 Å². The lowest BCUT2D eigenvalue weighted by Crippen LogP contribution is -2.44. The van der Waals surface area contributed by atoms with Crippen LogP contribution in [0.5, 0.6) is 0 Å². The van der Waals surface area contributed by atoms with Crippen molar-refractivity contribution in [2.24, 2.45) is 11.1 Å². The van der Waals surface area contributed by atoms with E-state index in [4.69, 9.17) is 29.6 Å². The van der Waals surface area contributed by atoms with Gasteiger partial charge < -0.3 is 5.73 Å². The van der Waals surface area contributed by atoms with Crippen LogP contribution in [0.25, 0.3) is 0 Å². The second-order valence-electron chi connectivity index (χ2n) is 5.33. The van der Waals surface area contributed by atoms with Gasteiger partial charge in [0, 0.05) is 17.0 Å². The van der Waals surface area contributed by atoms with Crippen LogP contribution in [0.4, 0.5) is 0 Å².